The predicted molar refractivity (Wildman–Crippen MR) is 82.3 cm³/mol. The molecular formula is C14H30S2. The molecule has 0 rings (SSSR count). The van der Waals surface area contributed by atoms with E-state index in [-0.39, 0.29) is 0 Å². The van der Waals surface area contributed by atoms with Crippen LogP contribution in [0.15, 0.2) is 0 Å². The molecule has 0 amide bonds. The van der Waals surface area contributed by atoms with Gasteiger partial charge < -0.3 is 0 Å². The van der Waals surface area contributed by atoms with Crippen LogP contribution in [0.1, 0.15) is 69.2 Å². The summed E-state index contributed by atoms with van der Waals surface area (Å²) in [6.07, 6.45) is 0. The molecule has 0 saturated heterocycles. The molecule has 0 spiro atoms. The van der Waals surface area contributed by atoms with Gasteiger partial charge in [0.1, 0.15) is 0 Å². The minimum Gasteiger partial charge on any atom is -0.0868 e. The lowest BCUT2D eigenvalue weighted by Crippen LogP contribution is -2.36. The molecule has 0 aliphatic heterocycles. The summed E-state index contributed by atoms with van der Waals surface area (Å²) in [4.78, 5) is 0. The average molecular weight is 263 g/mol. The van der Waals surface area contributed by atoms with E-state index in [2.05, 4.69) is 69.2 Å². The first-order valence-corrected chi connectivity index (χ1v) is 8.22. The van der Waals surface area contributed by atoms with E-state index in [0.29, 0.717) is 20.3 Å². The van der Waals surface area contributed by atoms with Crippen LogP contribution in [0.5, 0.6) is 0 Å². The van der Waals surface area contributed by atoms with Crippen LogP contribution in [-0.2, 0) is 0 Å². The van der Waals surface area contributed by atoms with Gasteiger partial charge in [-0.2, -0.15) is 0 Å². The summed E-state index contributed by atoms with van der Waals surface area (Å²) in [5, 5.41) is 0. The van der Waals surface area contributed by atoms with E-state index < -0.39 is 0 Å². The van der Waals surface area contributed by atoms with Crippen molar-refractivity contribution >= 4 is 21.6 Å². The molecule has 0 heterocycles. The maximum absolute atomic E-state index is 2.35. The largest absolute Gasteiger partial charge is 0.0868 e. The van der Waals surface area contributed by atoms with Crippen LogP contribution in [0, 0.1) is 10.8 Å². The Hall–Kier alpha value is 0.700. The highest BCUT2D eigenvalue weighted by atomic mass is 33.1. The Balaban J connectivity index is 4.59. The van der Waals surface area contributed by atoms with E-state index in [1.165, 1.54) is 0 Å². The molecule has 0 aliphatic carbocycles. The molecule has 0 atom stereocenters. The Morgan fingerprint density at radius 3 is 0.750 bits per heavy atom. The van der Waals surface area contributed by atoms with Gasteiger partial charge >= 0.3 is 0 Å². The van der Waals surface area contributed by atoms with Crippen LogP contribution in [0.3, 0.4) is 0 Å². The van der Waals surface area contributed by atoms with Crippen LogP contribution in [0.25, 0.3) is 0 Å². The maximum atomic E-state index is 2.35. The van der Waals surface area contributed by atoms with Crippen LogP contribution in [-0.4, -0.2) is 9.49 Å². The average Bonchev–Trinajstić information content (AvgIpc) is 1.97. The van der Waals surface area contributed by atoms with Crippen LogP contribution in [0.2, 0.25) is 0 Å². The minimum atomic E-state index is 0.292. The van der Waals surface area contributed by atoms with E-state index in [9.17, 15) is 0 Å². The molecule has 2 heteroatoms. The fourth-order valence-corrected chi connectivity index (χ4v) is 4.12. The summed E-state index contributed by atoms with van der Waals surface area (Å²) in [5.41, 5.74) is 0.664. The lowest BCUT2D eigenvalue weighted by atomic mass is 9.82. The third-order valence-corrected chi connectivity index (χ3v) is 8.96. The molecule has 0 aromatic heterocycles. The third kappa shape index (κ3) is 4.18. The molecule has 0 radical (unpaired) electrons. The number of hydrogen-bond donors (Lipinski definition) is 0. The van der Waals surface area contributed by atoms with E-state index in [4.69, 9.17) is 0 Å². The smallest absolute Gasteiger partial charge is 0.0255 e. The second-order valence-electron chi connectivity index (χ2n) is 7.69. The first kappa shape index (κ1) is 16.7. The topological polar surface area (TPSA) is 0 Å². The maximum Gasteiger partial charge on any atom is 0.0255 e. The Morgan fingerprint density at radius 1 is 0.438 bits per heavy atom. The summed E-state index contributed by atoms with van der Waals surface area (Å²) in [7, 11) is 4.07. The van der Waals surface area contributed by atoms with E-state index in [0.717, 1.165) is 0 Å². The number of hydrogen-bond acceptors (Lipinski definition) is 2. The van der Waals surface area contributed by atoms with Gasteiger partial charge in [-0.1, -0.05) is 63.1 Å². The summed E-state index contributed by atoms with van der Waals surface area (Å²) in [6.45, 7) is 23.3. The molecule has 16 heavy (non-hydrogen) atoms. The summed E-state index contributed by atoms with van der Waals surface area (Å²) in [5.74, 6) is 0. The van der Waals surface area contributed by atoms with Crippen LogP contribution in [0.4, 0.5) is 0 Å². The molecule has 0 aliphatic rings. The van der Waals surface area contributed by atoms with Gasteiger partial charge in [0, 0.05) is 9.49 Å². The van der Waals surface area contributed by atoms with Gasteiger partial charge in [-0.15, -0.1) is 0 Å². The van der Waals surface area contributed by atoms with Crippen molar-refractivity contribution in [3.05, 3.63) is 0 Å². The Kier molecular flexibility index (Phi) is 4.97. The molecule has 0 bridgehead atoms. The van der Waals surface area contributed by atoms with Crippen LogP contribution < -0.4 is 0 Å². The van der Waals surface area contributed by atoms with Crippen molar-refractivity contribution in [3.63, 3.8) is 0 Å². The lowest BCUT2D eigenvalue weighted by molar-refractivity contribution is 0.317. The molecule has 98 valence electrons. The molecule has 0 unspecified atom stereocenters. The molecule has 0 N–H and O–H groups in total. The quantitative estimate of drug-likeness (QED) is 0.571. The van der Waals surface area contributed by atoms with Gasteiger partial charge in [-0.05, 0) is 38.5 Å². The van der Waals surface area contributed by atoms with E-state index >= 15 is 0 Å². The second-order valence-corrected chi connectivity index (χ2v) is 11.1. The Bertz CT molecular complexity index is 200. The van der Waals surface area contributed by atoms with Gasteiger partial charge in [0.25, 0.3) is 0 Å². The van der Waals surface area contributed by atoms with Gasteiger partial charge in [-0.25, -0.2) is 0 Å². The van der Waals surface area contributed by atoms with Gasteiger partial charge in [0.05, 0.1) is 0 Å². The van der Waals surface area contributed by atoms with Gasteiger partial charge in [-0.3, -0.25) is 0 Å². The van der Waals surface area contributed by atoms with Crippen molar-refractivity contribution in [2.24, 2.45) is 10.8 Å². The Labute approximate surface area is 111 Å². The summed E-state index contributed by atoms with van der Waals surface area (Å²) >= 11 is 0. The van der Waals surface area contributed by atoms with Gasteiger partial charge in [0.15, 0.2) is 0 Å². The molecule has 0 saturated carbocycles. The molecule has 0 fully saturated rings. The first-order valence-electron chi connectivity index (χ1n) is 6.07. The third-order valence-electron chi connectivity index (χ3n) is 4.07. The fourth-order valence-electron chi connectivity index (χ4n) is 0.458. The molecule has 0 aromatic rings. The lowest BCUT2D eigenvalue weighted by Gasteiger charge is -2.43. The normalized spacial score (nSPS) is 15.4. The predicted octanol–water partition coefficient (Wildman–Crippen LogP) is 6.02. The van der Waals surface area contributed by atoms with Crippen molar-refractivity contribution in [2.75, 3.05) is 0 Å². The zero-order chi connectivity index (χ0) is 13.4. The van der Waals surface area contributed by atoms with Crippen molar-refractivity contribution in [2.45, 2.75) is 78.7 Å². The second kappa shape index (κ2) is 4.76. The van der Waals surface area contributed by atoms with Crippen LogP contribution >= 0.6 is 21.6 Å². The Morgan fingerprint density at radius 2 is 0.625 bits per heavy atom. The summed E-state index contributed by atoms with van der Waals surface area (Å²) < 4.78 is 0.584. The highest BCUT2D eigenvalue weighted by Gasteiger charge is 2.39. The van der Waals surface area contributed by atoms with Crippen molar-refractivity contribution in [1.82, 2.24) is 0 Å². The SMILES string of the molecule is CC(C)(C)C(C)(C)SSC(C)(C)C(C)(C)C. The van der Waals surface area contributed by atoms with E-state index in [1.54, 1.807) is 0 Å². The molecular weight excluding hydrogens is 232 g/mol. The number of rotatable bonds is 3. The van der Waals surface area contributed by atoms with Crippen molar-refractivity contribution < 1.29 is 0 Å². The molecule has 0 aromatic carbocycles. The zero-order valence-electron chi connectivity index (χ0n) is 12.8. The monoisotopic (exact) mass is 262 g/mol. The van der Waals surface area contributed by atoms with Gasteiger partial charge in [0.2, 0.25) is 0 Å². The minimum absolute atomic E-state index is 0.292. The molecule has 0 nitrogen and oxygen atoms in total. The van der Waals surface area contributed by atoms with E-state index in [1.807, 2.05) is 21.6 Å². The van der Waals surface area contributed by atoms with Crippen molar-refractivity contribution in [3.8, 4) is 0 Å². The highest BCUT2D eigenvalue weighted by Crippen LogP contribution is 2.55. The highest BCUT2D eigenvalue weighted by molar-refractivity contribution is 8.77. The van der Waals surface area contributed by atoms with Crippen molar-refractivity contribution in [1.29, 1.82) is 0 Å². The zero-order valence-corrected chi connectivity index (χ0v) is 14.4. The standard InChI is InChI=1S/C14H30S2/c1-11(2,3)13(7,8)15-16-14(9,10)12(4,5)6/h1-10H3. The summed E-state index contributed by atoms with van der Waals surface area (Å²) in [6, 6.07) is 0. The fraction of sp³-hybridized carbons (Fsp3) is 1.00. The first-order chi connectivity index (χ1) is 6.71.